The summed E-state index contributed by atoms with van der Waals surface area (Å²) in [5.41, 5.74) is 3.86. The highest BCUT2D eigenvalue weighted by molar-refractivity contribution is 5.87. The molecular weight excluding hydrogens is 252 g/mol. The molecule has 3 rings (SSSR count). The molecular formula is C16H20N2O2. The maximum Gasteiger partial charge on any atom is 0.226 e. The van der Waals surface area contributed by atoms with E-state index in [4.69, 9.17) is 4.52 Å². The second kappa shape index (κ2) is 5.27. The van der Waals surface area contributed by atoms with Crippen molar-refractivity contribution in [3.63, 3.8) is 0 Å². The van der Waals surface area contributed by atoms with Gasteiger partial charge in [-0.1, -0.05) is 18.0 Å². The highest BCUT2D eigenvalue weighted by Gasteiger charge is 2.19. The Morgan fingerprint density at radius 3 is 2.75 bits per heavy atom. The zero-order valence-corrected chi connectivity index (χ0v) is 12.0. The highest BCUT2D eigenvalue weighted by atomic mass is 16.5. The molecule has 1 aliphatic carbocycles. The number of fused-ring (bicyclic) bond motifs is 1. The Morgan fingerprint density at radius 2 is 2.00 bits per heavy atom. The zero-order valence-electron chi connectivity index (χ0n) is 12.0. The van der Waals surface area contributed by atoms with Gasteiger partial charge in [0.25, 0.3) is 0 Å². The zero-order chi connectivity index (χ0) is 14.1. The van der Waals surface area contributed by atoms with E-state index in [1.165, 1.54) is 24.0 Å². The van der Waals surface area contributed by atoms with Gasteiger partial charge in [-0.3, -0.25) is 4.79 Å². The van der Waals surface area contributed by atoms with Gasteiger partial charge in [0.05, 0.1) is 6.42 Å². The van der Waals surface area contributed by atoms with Gasteiger partial charge < -0.3 is 9.84 Å². The molecule has 1 aromatic carbocycles. The number of amides is 1. The van der Waals surface area contributed by atoms with Crippen molar-refractivity contribution in [2.75, 3.05) is 0 Å². The number of aryl methyl sites for hydroxylation is 2. The average molecular weight is 272 g/mol. The summed E-state index contributed by atoms with van der Waals surface area (Å²) in [5.74, 6) is 0.0466. The molecule has 0 saturated heterocycles. The van der Waals surface area contributed by atoms with E-state index in [0.29, 0.717) is 12.5 Å². The standard InChI is InChI=1S/C16H20N2O2/c1-10-7-13-14(18-20-15(13)8-11(10)2)9-16(19)17-12-5-3-4-6-12/h7-8,12H,3-6,9H2,1-2H3,(H,17,19). The fourth-order valence-corrected chi connectivity index (χ4v) is 2.87. The second-order valence-corrected chi connectivity index (χ2v) is 5.79. The topological polar surface area (TPSA) is 55.1 Å². The molecule has 0 aliphatic heterocycles. The van der Waals surface area contributed by atoms with Gasteiger partial charge in [-0.15, -0.1) is 0 Å². The number of carbonyl (C=O) groups excluding carboxylic acids is 1. The van der Waals surface area contributed by atoms with Crippen molar-refractivity contribution in [1.82, 2.24) is 10.5 Å². The molecule has 0 unspecified atom stereocenters. The Labute approximate surface area is 118 Å². The summed E-state index contributed by atoms with van der Waals surface area (Å²) < 4.78 is 5.33. The molecule has 4 heteroatoms. The summed E-state index contributed by atoms with van der Waals surface area (Å²) in [6, 6.07) is 4.39. The number of benzene rings is 1. The van der Waals surface area contributed by atoms with Crippen molar-refractivity contribution in [3.8, 4) is 0 Å². The van der Waals surface area contributed by atoms with Crippen LogP contribution < -0.4 is 5.32 Å². The van der Waals surface area contributed by atoms with Crippen LogP contribution in [0.2, 0.25) is 0 Å². The van der Waals surface area contributed by atoms with E-state index < -0.39 is 0 Å². The summed E-state index contributed by atoms with van der Waals surface area (Å²) >= 11 is 0. The molecule has 0 bridgehead atoms. The van der Waals surface area contributed by atoms with Crippen LogP contribution in [0.1, 0.15) is 42.5 Å². The third kappa shape index (κ3) is 2.55. The van der Waals surface area contributed by atoms with Gasteiger partial charge in [0.2, 0.25) is 5.91 Å². The number of carbonyl (C=O) groups is 1. The summed E-state index contributed by atoms with van der Waals surface area (Å²) in [6.07, 6.45) is 4.94. The van der Waals surface area contributed by atoms with Gasteiger partial charge in [-0.2, -0.15) is 0 Å². The number of hydrogen-bond donors (Lipinski definition) is 1. The lowest BCUT2D eigenvalue weighted by atomic mass is 10.1. The van der Waals surface area contributed by atoms with Crippen molar-refractivity contribution in [1.29, 1.82) is 0 Å². The van der Waals surface area contributed by atoms with Crippen molar-refractivity contribution < 1.29 is 9.32 Å². The van der Waals surface area contributed by atoms with Crippen molar-refractivity contribution in [3.05, 3.63) is 29.0 Å². The van der Waals surface area contributed by atoms with Gasteiger partial charge in [-0.25, -0.2) is 0 Å². The first-order chi connectivity index (χ1) is 9.63. The summed E-state index contributed by atoms with van der Waals surface area (Å²) in [5, 5.41) is 8.10. The van der Waals surface area contributed by atoms with E-state index in [0.717, 1.165) is 29.5 Å². The fourth-order valence-electron chi connectivity index (χ4n) is 2.87. The number of rotatable bonds is 3. The maximum atomic E-state index is 12.1. The van der Waals surface area contributed by atoms with E-state index in [1.807, 2.05) is 13.0 Å². The molecule has 1 N–H and O–H groups in total. The van der Waals surface area contributed by atoms with E-state index in [1.54, 1.807) is 0 Å². The molecule has 0 spiro atoms. The maximum absolute atomic E-state index is 12.1. The molecule has 0 atom stereocenters. The summed E-state index contributed by atoms with van der Waals surface area (Å²) in [7, 11) is 0. The van der Waals surface area contributed by atoms with Gasteiger partial charge in [-0.05, 0) is 49.9 Å². The molecule has 1 aromatic heterocycles. The number of nitrogens with one attached hydrogen (secondary N) is 1. The number of hydrogen-bond acceptors (Lipinski definition) is 3. The first-order valence-corrected chi connectivity index (χ1v) is 7.28. The lowest BCUT2D eigenvalue weighted by Gasteiger charge is -2.10. The first-order valence-electron chi connectivity index (χ1n) is 7.28. The van der Waals surface area contributed by atoms with Gasteiger partial charge in [0.15, 0.2) is 5.58 Å². The smallest absolute Gasteiger partial charge is 0.226 e. The van der Waals surface area contributed by atoms with Crippen LogP contribution in [0.3, 0.4) is 0 Å². The molecule has 2 aromatic rings. The molecule has 4 nitrogen and oxygen atoms in total. The van der Waals surface area contributed by atoms with Crippen molar-refractivity contribution >= 4 is 16.9 Å². The predicted octanol–water partition coefficient (Wildman–Crippen LogP) is 3.05. The Balaban J connectivity index is 1.76. The fraction of sp³-hybridized carbons (Fsp3) is 0.500. The Kier molecular flexibility index (Phi) is 3.47. The minimum atomic E-state index is 0.0466. The minimum Gasteiger partial charge on any atom is -0.356 e. The van der Waals surface area contributed by atoms with Crippen LogP contribution >= 0.6 is 0 Å². The molecule has 1 aliphatic rings. The second-order valence-electron chi connectivity index (χ2n) is 5.79. The lowest BCUT2D eigenvalue weighted by Crippen LogP contribution is -2.33. The molecule has 0 radical (unpaired) electrons. The monoisotopic (exact) mass is 272 g/mol. The Morgan fingerprint density at radius 1 is 1.30 bits per heavy atom. The average Bonchev–Trinajstić information content (AvgIpc) is 3.02. The van der Waals surface area contributed by atoms with E-state index in [-0.39, 0.29) is 5.91 Å². The molecule has 1 heterocycles. The molecule has 1 fully saturated rings. The minimum absolute atomic E-state index is 0.0466. The Hall–Kier alpha value is -1.84. The van der Waals surface area contributed by atoms with E-state index >= 15 is 0 Å². The van der Waals surface area contributed by atoms with E-state index in [9.17, 15) is 4.79 Å². The lowest BCUT2D eigenvalue weighted by molar-refractivity contribution is -0.121. The first kappa shape index (κ1) is 13.2. The normalized spacial score (nSPS) is 15.9. The molecule has 1 saturated carbocycles. The Bertz CT molecular complexity index is 639. The van der Waals surface area contributed by atoms with Gasteiger partial charge in [0.1, 0.15) is 5.69 Å². The predicted molar refractivity (Wildman–Crippen MR) is 77.6 cm³/mol. The van der Waals surface area contributed by atoms with Crippen LogP contribution in [-0.2, 0) is 11.2 Å². The van der Waals surface area contributed by atoms with Crippen LogP contribution in [0.5, 0.6) is 0 Å². The number of nitrogens with zero attached hydrogens (tertiary/aromatic N) is 1. The molecule has 20 heavy (non-hydrogen) atoms. The number of aromatic nitrogens is 1. The van der Waals surface area contributed by atoms with Crippen LogP contribution in [-0.4, -0.2) is 17.1 Å². The largest absolute Gasteiger partial charge is 0.356 e. The van der Waals surface area contributed by atoms with Crippen molar-refractivity contribution in [2.45, 2.75) is 52.0 Å². The van der Waals surface area contributed by atoms with Crippen LogP contribution in [0, 0.1) is 13.8 Å². The summed E-state index contributed by atoms with van der Waals surface area (Å²) in [4.78, 5) is 12.1. The van der Waals surface area contributed by atoms with E-state index in [2.05, 4.69) is 23.5 Å². The van der Waals surface area contributed by atoms with Crippen LogP contribution in [0.4, 0.5) is 0 Å². The summed E-state index contributed by atoms with van der Waals surface area (Å²) in [6.45, 7) is 4.11. The van der Waals surface area contributed by atoms with Crippen LogP contribution in [0.25, 0.3) is 11.0 Å². The quantitative estimate of drug-likeness (QED) is 0.934. The molecule has 1 amide bonds. The molecule has 106 valence electrons. The van der Waals surface area contributed by atoms with Gasteiger partial charge >= 0.3 is 0 Å². The van der Waals surface area contributed by atoms with Crippen LogP contribution in [0.15, 0.2) is 16.7 Å². The third-order valence-electron chi connectivity index (χ3n) is 4.21. The third-order valence-corrected chi connectivity index (χ3v) is 4.21. The SMILES string of the molecule is Cc1cc2onc(CC(=O)NC3CCCC3)c2cc1C. The van der Waals surface area contributed by atoms with Gasteiger partial charge in [0, 0.05) is 11.4 Å². The van der Waals surface area contributed by atoms with Crippen molar-refractivity contribution in [2.24, 2.45) is 0 Å². The highest BCUT2D eigenvalue weighted by Crippen LogP contribution is 2.23.